The molecule has 0 aliphatic carbocycles. The van der Waals surface area contributed by atoms with Crippen LogP contribution in [0.15, 0.2) is 4.99 Å². The van der Waals surface area contributed by atoms with E-state index in [1.165, 1.54) is 13.0 Å². The van der Waals surface area contributed by atoms with Gasteiger partial charge in [-0.2, -0.15) is 0 Å². The van der Waals surface area contributed by atoms with Crippen molar-refractivity contribution in [3.05, 3.63) is 0 Å². The van der Waals surface area contributed by atoms with Crippen LogP contribution in [0.4, 0.5) is 0 Å². The molecule has 0 aromatic carbocycles. The third-order valence-corrected chi connectivity index (χ3v) is 3.30. The molecule has 1 atom stereocenters. The molecule has 0 fully saturated rings. The minimum Gasteiger partial charge on any atom is -0.355 e. The number of likely N-dealkylation sites (N-methyl/N-ethyl adjacent to an activating group) is 1. The van der Waals surface area contributed by atoms with Crippen molar-refractivity contribution in [2.24, 2.45) is 10.9 Å². The average Bonchev–Trinajstić information content (AvgIpc) is 2.35. The normalized spacial score (nSPS) is 13.4. The van der Waals surface area contributed by atoms with Crippen LogP contribution >= 0.6 is 24.0 Å². The molecule has 1 unspecified atom stereocenters. The molecule has 5 heteroatoms. The van der Waals surface area contributed by atoms with Gasteiger partial charge in [0.1, 0.15) is 0 Å². The SMILES string of the molecule is CCCN(CC)CCNC(=NC)NC(C)C(C)C.I. The minimum absolute atomic E-state index is 0. The largest absolute Gasteiger partial charge is 0.355 e. The van der Waals surface area contributed by atoms with Gasteiger partial charge in [0.25, 0.3) is 0 Å². The van der Waals surface area contributed by atoms with Crippen molar-refractivity contribution >= 4 is 29.9 Å². The zero-order chi connectivity index (χ0) is 14.0. The Morgan fingerprint density at radius 2 is 1.79 bits per heavy atom. The number of hydrogen-bond donors (Lipinski definition) is 2. The maximum atomic E-state index is 4.25. The highest BCUT2D eigenvalue weighted by Crippen LogP contribution is 1.98. The Morgan fingerprint density at radius 1 is 1.16 bits per heavy atom. The lowest BCUT2D eigenvalue weighted by molar-refractivity contribution is 0.292. The molecule has 0 saturated heterocycles. The van der Waals surface area contributed by atoms with E-state index < -0.39 is 0 Å². The molecular weight excluding hydrogens is 351 g/mol. The van der Waals surface area contributed by atoms with Crippen molar-refractivity contribution in [2.45, 2.75) is 47.1 Å². The van der Waals surface area contributed by atoms with Crippen LogP contribution in [0, 0.1) is 5.92 Å². The summed E-state index contributed by atoms with van der Waals surface area (Å²) in [6.07, 6.45) is 1.21. The van der Waals surface area contributed by atoms with E-state index in [1.54, 1.807) is 0 Å². The Kier molecular flexibility index (Phi) is 14.5. The summed E-state index contributed by atoms with van der Waals surface area (Å²) in [6, 6.07) is 0.439. The maximum Gasteiger partial charge on any atom is 0.191 e. The summed E-state index contributed by atoms with van der Waals surface area (Å²) < 4.78 is 0. The zero-order valence-corrected chi connectivity index (χ0v) is 15.8. The van der Waals surface area contributed by atoms with Crippen LogP contribution in [0.25, 0.3) is 0 Å². The molecule has 2 N–H and O–H groups in total. The molecule has 0 aliphatic heterocycles. The van der Waals surface area contributed by atoms with Crippen molar-refractivity contribution in [1.29, 1.82) is 0 Å². The van der Waals surface area contributed by atoms with Gasteiger partial charge in [0.15, 0.2) is 5.96 Å². The molecule has 0 aromatic rings. The summed E-state index contributed by atoms with van der Waals surface area (Å²) in [7, 11) is 1.83. The monoisotopic (exact) mass is 384 g/mol. The van der Waals surface area contributed by atoms with Gasteiger partial charge in [0.05, 0.1) is 0 Å². The first-order valence-electron chi connectivity index (χ1n) is 7.24. The standard InChI is InChI=1S/C14H32N4.HI/c1-7-10-18(8-2)11-9-16-14(15-6)17-13(5)12(3)4;/h12-13H,7-11H2,1-6H3,(H2,15,16,17);1H. The number of halogens is 1. The highest BCUT2D eigenvalue weighted by Gasteiger charge is 2.08. The van der Waals surface area contributed by atoms with Crippen LogP contribution in [0.3, 0.4) is 0 Å². The number of hydrogen-bond acceptors (Lipinski definition) is 2. The summed E-state index contributed by atoms with van der Waals surface area (Å²) in [5.41, 5.74) is 0. The molecule has 0 heterocycles. The van der Waals surface area contributed by atoms with Crippen LogP contribution < -0.4 is 10.6 Å². The summed E-state index contributed by atoms with van der Waals surface area (Å²) in [5, 5.41) is 6.79. The third kappa shape index (κ3) is 10.4. The van der Waals surface area contributed by atoms with Crippen molar-refractivity contribution in [2.75, 3.05) is 33.2 Å². The Hall–Kier alpha value is -0.0400. The first kappa shape index (κ1) is 21.3. The van der Waals surface area contributed by atoms with E-state index in [4.69, 9.17) is 0 Å². The number of nitrogens with zero attached hydrogens (tertiary/aromatic N) is 2. The van der Waals surface area contributed by atoms with Crippen molar-refractivity contribution in [3.8, 4) is 0 Å². The molecule has 0 amide bonds. The van der Waals surface area contributed by atoms with E-state index in [0.29, 0.717) is 12.0 Å². The van der Waals surface area contributed by atoms with Gasteiger partial charge in [0.2, 0.25) is 0 Å². The van der Waals surface area contributed by atoms with Gasteiger partial charge in [-0.05, 0) is 32.4 Å². The van der Waals surface area contributed by atoms with Crippen LogP contribution in [-0.2, 0) is 0 Å². The average molecular weight is 384 g/mol. The van der Waals surface area contributed by atoms with Crippen molar-refractivity contribution < 1.29 is 0 Å². The van der Waals surface area contributed by atoms with E-state index >= 15 is 0 Å². The topological polar surface area (TPSA) is 39.7 Å². The fourth-order valence-electron chi connectivity index (χ4n) is 1.65. The first-order valence-corrected chi connectivity index (χ1v) is 7.24. The van der Waals surface area contributed by atoms with Crippen LogP contribution in [0.1, 0.15) is 41.0 Å². The third-order valence-electron chi connectivity index (χ3n) is 3.30. The second kappa shape index (κ2) is 13.0. The number of nitrogens with one attached hydrogen (secondary N) is 2. The fraction of sp³-hybridized carbons (Fsp3) is 0.929. The van der Waals surface area contributed by atoms with Crippen molar-refractivity contribution in [1.82, 2.24) is 15.5 Å². The summed E-state index contributed by atoms with van der Waals surface area (Å²) in [6.45, 7) is 15.4. The lowest BCUT2D eigenvalue weighted by Crippen LogP contribution is -2.46. The highest BCUT2D eigenvalue weighted by atomic mass is 127. The van der Waals surface area contributed by atoms with Gasteiger partial charge in [-0.15, -0.1) is 24.0 Å². The predicted molar refractivity (Wildman–Crippen MR) is 96.6 cm³/mol. The highest BCUT2D eigenvalue weighted by molar-refractivity contribution is 14.0. The minimum atomic E-state index is 0. The Bertz CT molecular complexity index is 231. The number of rotatable bonds is 8. The van der Waals surface area contributed by atoms with Crippen LogP contribution in [0.5, 0.6) is 0 Å². The smallest absolute Gasteiger partial charge is 0.191 e. The molecule has 0 bridgehead atoms. The first-order chi connectivity index (χ1) is 8.54. The number of aliphatic imine (C=N–C) groups is 1. The quantitative estimate of drug-likeness (QED) is 0.384. The van der Waals surface area contributed by atoms with Gasteiger partial charge < -0.3 is 15.5 Å². The van der Waals surface area contributed by atoms with Gasteiger partial charge in [0, 0.05) is 26.2 Å². The van der Waals surface area contributed by atoms with E-state index in [1.807, 2.05) is 7.05 Å². The molecule has 19 heavy (non-hydrogen) atoms. The zero-order valence-electron chi connectivity index (χ0n) is 13.5. The van der Waals surface area contributed by atoms with Crippen LogP contribution in [0.2, 0.25) is 0 Å². The molecule has 116 valence electrons. The second-order valence-electron chi connectivity index (χ2n) is 5.11. The maximum absolute atomic E-state index is 4.25. The Morgan fingerprint density at radius 3 is 2.21 bits per heavy atom. The molecule has 0 spiro atoms. The van der Waals surface area contributed by atoms with E-state index in [0.717, 1.165) is 25.6 Å². The summed E-state index contributed by atoms with van der Waals surface area (Å²) >= 11 is 0. The van der Waals surface area contributed by atoms with Crippen LogP contribution in [-0.4, -0.2) is 50.1 Å². The Balaban J connectivity index is 0. The Labute approximate surface area is 136 Å². The van der Waals surface area contributed by atoms with E-state index in [2.05, 4.69) is 55.1 Å². The molecule has 0 saturated carbocycles. The molecule has 0 rings (SSSR count). The fourth-order valence-corrected chi connectivity index (χ4v) is 1.65. The molecule has 0 aliphatic rings. The lowest BCUT2D eigenvalue weighted by atomic mass is 10.1. The lowest BCUT2D eigenvalue weighted by Gasteiger charge is -2.23. The predicted octanol–water partition coefficient (Wildman–Crippen LogP) is 2.55. The number of guanidine groups is 1. The van der Waals surface area contributed by atoms with Crippen molar-refractivity contribution in [3.63, 3.8) is 0 Å². The molecule has 4 nitrogen and oxygen atoms in total. The van der Waals surface area contributed by atoms with E-state index in [9.17, 15) is 0 Å². The van der Waals surface area contributed by atoms with Gasteiger partial charge in [-0.3, -0.25) is 4.99 Å². The molecule has 0 radical (unpaired) electrons. The van der Waals surface area contributed by atoms with Gasteiger partial charge in [-0.1, -0.05) is 27.7 Å². The van der Waals surface area contributed by atoms with E-state index in [-0.39, 0.29) is 24.0 Å². The van der Waals surface area contributed by atoms with Gasteiger partial charge in [-0.25, -0.2) is 0 Å². The summed E-state index contributed by atoms with van der Waals surface area (Å²) in [5.74, 6) is 1.51. The second-order valence-corrected chi connectivity index (χ2v) is 5.11. The molecular formula is C14H33IN4. The summed E-state index contributed by atoms with van der Waals surface area (Å²) in [4.78, 5) is 6.71. The van der Waals surface area contributed by atoms with Gasteiger partial charge >= 0.3 is 0 Å². The molecule has 0 aromatic heterocycles.